The molecule has 0 aliphatic carbocycles. The lowest BCUT2D eigenvalue weighted by Crippen LogP contribution is -2.37. The SMILES string of the molecule is CCn1c(=O)n(CN2CCSCC2)c2cc(S(=O)(=O)N(C)C)ccc21. The van der Waals surface area contributed by atoms with Gasteiger partial charge in [-0.25, -0.2) is 17.5 Å². The summed E-state index contributed by atoms with van der Waals surface area (Å²) in [5.41, 5.74) is 1.36. The maximum absolute atomic E-state index is 12.8. The second-order valence-electron chi connectivity index (χ2n) is 6.26. The summed E-state index contributed by atoms with van der Waals surface area (Å²) in [6, 6.07) is 4.93. The van der Waals surface area contributed by atoms with Crippen LogP contribution in [-0.4, -0.2) is 65.4 Å². The van der Waals surface area contributed by atoms with Crippen LogP contribution in [0.1, 0.15) is 6.92 Å². The van der Waals surface area contributed by atoms with Gasteiger partial charge >= 0.3 is 5.69 Å². The molecule has 0 N–H and O–H groups in total. The number of hydrogen-bond acceptors (Lipinski definition) is 5. The molecular weight excluding hydrogens is 360 g/mol. The van der Waals surface area contributed by atoms with Gasteiger partial charge in [-0.05, 0) is 25.1 Å². The van der Waals surface area contributed by atoms with E-state index in [2.05, 4.69) is 4.90 Å². The highest BCUT2D eigenvalue weighted by Gasteiger charge is 2.21. The minimum atomic E-state index is -3.54. The number of nitrogens with zero attached hydrogens (tertiary/aromatic N) is 4. The maximum atomic E-state index is 12.8. The highest BCUT2D eigenvalue weighted by molar-refractivity contribution is 7.99. The summed E-state index contributed by atoms with van der Waals surface area (Å²) in [5, 5.41) is 0. The largest absolute Gasteiger partial charge is 0.330 e. The zero-order valence-corrected chi connectivity index (χ0v) is 16.4. The highest BCUT2D eigenvalue weighted by atomic mass is 32.2. The lowest BCUT2D eigenvalue weighted by atomic mass is 10.3. The van der Waals surface area contributed by atoms with Crippen molar-refractivity contribution in [2.24, 2.45) is 0 Å². The summed E-state index contributed by atoms with van der Waals surface area (Å²) in [6.45, 7) is 4.84. The van der Waals surface area contributed by atoms with Crippen molar-refractivity contribution in [3.05, 3.63) is 28.7 Å². The summed E-state index contributed by atoms with van der Waals surface area (Å²) >= 11 is 1.92. The van der Waals surface area contributed by atoms with E-state index in [0.29, 0.717) is 18.7 Å². The smallest absolute Gasteiger partial charge is 0.292 e. The van der Waals surface area contributed by atoms with Gasteiger partial charge in [0.2, 0.25) is 10.0 Å². The van der Waals surface area contributed by atoms with E-state index in [1.165, 1.54) is 18.4 Å². The average molecular weight is 385 g/mol. The Morgan fingerprint density at radius 1 is 1.12 bits per heavy atom. The number of thioether (sulfide) groups is 1. The number of imidazole rings is 1. The molecule has 1 saturated heterocycles. The molecule has 7 nitrogen and oxygen atoms in total. The molecule has 2 heterocycles. The molecule has 2 aromatic rings. The lowest BCUT2D eigenvalue weighted by Gasteiger charge is -2.26. The van der Waals surface area contributed by atoms with Crippen LogP contribution in [0.25, 0.3) is 11.0 Å². The van der Waals surface area contributed by atoms with Crippen molar-refractivity contribution < 1.29 is 8.42 Å². The Kier molecular flexibility index (Phi) is 5.29. The number of sulfonamides is 1. The Labute approximate surface area is 152 Å². The van der Waals surface area contributed by atoms with Crippen molar-refractivity contribution in [1.29, 1.82) is 0 Å². The Hall–Kier alpha value is -1.29. The van der Waals surface area contributed by atoms with Crippen LogP contribution in [-0.2, 0) is 23.2 Å². The molecule has 9 heteroatoms. The number of rotatable bonds is 5. The predicted octanol–water partition coefficient (Wildman–Crippen LogP) is 1.08. The number of hydrogen-bond donors (Lipinski definition) is 0. The van der Waals surface area contributed by atoms with Gasteiger partial charge in [0.05, 0.1) is 22.6 Å². The Balaban J connectivity index is 2.13. The molecule has 1 fully saturated rings. The molecule has 1 aliphatic rings. The van der Waals surface area contributed by atoms with Crippen LogP contribution in [0, 0.1) is 0 Å². The monoisotopic (exact) mass is 384 g/mol. The third kappa shape index (κ3) is 3.38. The summed E-state index contributed by atoms with van der Waals surface area (Å²) in [4.78, 5) is 15.3. The van der Waals surface area contributed by atoms with Crippen LogP contribution >= 0.6 is 11.8 Å². The summed E-state index contributed by atoms with van der Waals surface area (Å²) < 4.78 is 29.5. The van der Waals surface area contributed by atoms with Gasteiger partial charge in [0.15, 0.2) is 0 Å². The fraction of sp³-hybridized carbons (Fsp3) is 0.562. The molecule has 1 aliphatic heterocycles. The van der Waals surface area contributed by atoms with E-state index in [-0.39, 0.29) is 10.6 Å². The minimum Gasteiger partial charge on any atom is -0.292 e. The van der Waals surface area contributed by atoms with Gasteiger partial charge in [0.25, 0.3) is 0 Å². The molecule has 0 saturated carbocycles. The second-order valence-corrected chi connectivity index (χ2v) is 9.64. The van der Waals surface area contributed by atoms with E-state index in [1.807, 2.05) is 18.7 Å². The van der Waals surface area contributed by atoms with Crippen LogP contribution in [0.3, 0.4) is 0 Å². The first-order valence-corrected chi connectivity index (χ1v) is 10.9. The maximum Gasteiger partial charge on any atom is 0.330 e. The van der Waals surface area contributed by atoms with Crippen LogP contribution in [0.4, 0.5) is 0 Å². The van der Waals surface area contributed by atoms with Gasteiger partial charge in [-0.3, -0.25) is 14.0 Å². The number of aromatic nitrogens is 2. The van der Waals surface area contributed by atoms with Gasteiger partial charge in [0, 0.05) is 45.2 Å². The average Bonchev–Trinajstić information content (AvgIpc) is 2.86. The van der Waals surface area contributed by atoms with Gasteiger partial charge in [0.1, 0.15) is 0 Å². The molecule has 25 heavy (non-hydrogen) atoms. The Morgan fingerprint density at radius 3 is 2.40 bits per heavy atom. The van der Waals surface area contributed by atoms with Gasteiger partial charge in [-0.2, -0.15) is 11.8 Å². The third-order valence-electron chi connectivity index (χ3n) is 4.53. The first kappa shape index (κ1) is 18.5. The predicted molar refractivity (Wildman–Crippen MR) is 102 cm³/mol. The van der Waals surface area contributed by atoms with E-state index >= 15 is 0 Å². The zero-order valence-electron chi connectivity index (χ0n) is 14.8. The Bertz CT molecular complexity index is 925. The molecule has 1 aromatic heterocycles. The molecule has 0 spiro atoms. The molecule has 1 aromatic carbocycles. The molecule has 0 radical (unpaired) electrons. The molecule has 0 bridgehead atoms. The first-order chi connectivity index (χ1) is 11.9. The number of aryl methyl sites for hydroxylation is 1. The normalized spacial score (nSPS) is 16.8. The van der Waals surface area contributed by atoms with Crippen LogP contribution in [0.5, 0.6) is 0 Å². The summed E-state index contributed by atoms with van der Waals surface area (Å²) in [5.74, 6) is 2.11. The van der Waals surface area contributed by atoms with Gasteiger partial charge in [-0.15, -0.1) is 0 Å². The molecule has 3 rings (SSSR count). The second kappa shape index (κ2) is 7.14. The van der Waals surface area contributed by atoms with E-state index < -0.39 is 10.0 Å². The summed E-state index contributed by atoms with van der Waals surface area (Å²) in [7, 11) is -0.518. The molecule has 0 unspecified atom stereocenters. The summed E-state index contributed by atoms with van der Waals surface area (Å²) in [6.07, 6.45) is 0. The zero-order chi connectivity index (χ0) is 18.2. The van der Waals surface area contributed by atoms with Gasteiger partial charge < -0.3 is 0 Å². The van der Waals surface area contributed by atoms with Crippen LogP contribution < -0.4 is 5.69 Å². The quantitative estimate of drug-likeness (QED) is 0.772. The Morgan fingerprint density at radius 2 is 1.80 bits per heavy atom. The van der Waals surface area contributed by atoms with Crippen molar-refractivity contribution >= 4 is 32.8 Å². The van der Waals surface area contributed by atoms with Crippen LogP contribution in [0.15, 0.2) is 27.9 Å². The van der Waals surface area contributed by atoms with Crippen molar-refractivity contribution in [1.82, 2.24) is 18.3 Å². The third-order valence-corrected chi connectivity index (χ3v) is 7.28. The topological polar surface area (TPSA) is 67.5 Å². The highest BCUT2D eigenvalue weighted by Crippen LogP contribution is 2.21. The van der Waals surface area contributed by atoms with Crippen molar-refractivity contribution in [2.75, 3.05) is 38.7 Å². The van der Waals surface area contributed by atoms with E-state index in [9.17, 15) is 13.2 Å². The van der Waals surface area contributed by atoms with Crippen LogP contribution in [0.2, 0.25) is 0 Å². The number of benzene rings is 1. The molecule has 0 atom stereocenters. The van der Waals surface area contributed by atoms with Crippen molar-refractivity contribution in [2.45, 2.75) is 25.0 Å². The number of fused-ring (bicyclic) bond motifs is 1. The molecule has 138 valence electrons. The first-order valence-electron chi connectivity index (χ1n) is 8.32. The fourth-order valence-corrected chi connectivity index (χ4v) is 4.96. The fourth-order valence-electron chi connectivity index (χ4n) is 3.06. The molecule has 0 amide bonds. The van der Waals surface area contributed by atoms with E-state index in [4.69, 9.17) is 0 Å². The van der Waals surface area contributed by atoms with Crippen molar-refractivity contribution in [3.63, 3.8) is 0 Å². The lowest BCUT2D eigenvalue weighted by molar-refractivity contribution is 0.240. The molecular formula is C16H24N4O3S2. The van der Waals surface area contributed by atoms with Crippen molar-refractivity contribution in [3.8, 4) is 0 Å². The van der Waals surface area contributed by atoms with Gasteiger partial charge in [-0.1, -0.05) is 0 Å². The van der Waals surface area contributed by atoms with E-state index in [1.54, 1.807) is 27.3 Å². The minimum absolute atomic E-state index is 0.0878. The standard InChI is InChI=1S/C16H24N4O3S2/c1-4-19-14-6-5-13(25(22,23)17(2)3)11-15(14)20(16(19)21)12-18-7-9-24-10-8-18/h5-6,11H,4,7-10,12H2,1-3H3. The van der Waals surface area contributed by atoms with E-state index in [0.717, 1.165) is 30.1 Å².